The van der Waals surface area contributed by atoms with Crippen molar-refractivity contribution >= 4 is 5.97 Å². The van der Waals surface area contributed by atoms with E-state index in [-0.39, 0.29) is 11.9 Å². The van der Waals surface area contributed by atoms with Gasteiger partial charge >= 0.3 is 5.97 Å². The van der Waals surface area contributed by atoms with E-state index in [1.807, 2.05) is 13.8 Å². The number of esters is 1. The zero-order valence-corrected chi connectivity index (χ0v) is 21.0. The van der Waals surface area contributed by atoms with Gasteiger partial charge in [-0.3, -0.25) is 4.79 Å². The minimum atomic E-state index is -0.150. The van der Waals surface area contributed by atoms with E-state index in [2.05, 4.69) is 81.5 Å². The molecule has 32 heavy (non-hydrogen) atoms. The van der Waals surface area contributed by atoms with E-state index in [0.29, 0.717) is 12.2 Å². The van der Waals surface area contributed by atoms with Crippen molar-refractivity contribution in [2.45, 2.75) is 92.4 Å². The molecule has 0 bridgehead atoms. The molecule has 0 saturated heterocycles. The van der Waals surface area contributed by atoms with Gasteiger partial charge in [-0.2, -0.15) is 0 Å². The van der Waals surface area contributed by atoms with Crippen molar-refractivity contribution in [2.75, 3.05) is 0 Å². The standard InChI is InChI=1S/C30H44O2/c1-6-7-8-9-10-11-12-13-14-15-16-17-18-19-20-21-25(2)24-29(31)32-30-27(4)22-26(3)23-28(30)5/h10-11,13-14,16-17,19-20,22-23,25H,6-9,12,15,18,21,24H2,1-5H3/b11-10-,14-13-,17-16-,20-19-. The molecule has 2 nitrogen and oxygen atoms in total. The summed E-state index contributed by atoms with van der Waals surface area (Å²) in [5.74, 6) is 0.834. The van der Waals surface area contributed by atoms with Crippen molar-refractivity contribution in [3.05, 3.63) is 77.4 Å². The fourth-order valence-electron chi connectivity index (χ4n) is 3.62. The number of carbonyl (C=O) groups is 1. The summed E-state index contributed by atoms with van der Waals surface area (Å²) in [4.78, 5) is 12.3. The summed E-state index contributed by atoms with van der Waals surface area (Å²) in [6.07, 6.45) is 27.2. The predicted molar refractivity (Wildman–Crippen MR) is 139 cm³/mol. The summed E-state index contributed by atoms with van der Waals surface area (Å²) in [6.45, 7) is 10.4. The van der Waals surface area contributed by atoms with Crippen molar-refractivity contribution in [1.29, 1.82) is 0 Å². The Morgan fingerprint density at radius 2 is 1.38 bits per heavy atom. The monoisotopic (exact) mass is 436 g/mol. The number of unbranched alkanes of at least 4 members (excludes halogenated alkanes) is 3. The van der Waals surface area contributed by atoms with Crippen LogP contribution in [0.2, 0.25) is 0 Å². The van der Waals surface area contributed by atoms with Crippen LogP contribution in [-0.4, -0.2) is 5.97 Å². The highest BCUT2D eigenvalue weighted by Gasteiger charge is 2.13. The number of hydrogen-bond acceptors (Lipinski definition) is 2. The summed E-state index contributed by atoms with van der Waals surface area (Å²) >= 11 is 0. The average molecular weight is 437 g/mol. The van der Waals surface area contributed by atoms with Gasteiger partial charge < -0.3 is 4.74 Å². The van der Waals surface area contributed by atoms with Gasteiger partial charge in [0.25, 0.3) is 0 Å². The van der Waals surface area contributed by atoms with E-state index in [1.54, 1.807) is 0 Å². The Hall–Kier alpha value is -2.35. The second-order valence-corrected chi connectivity index (χ2v) is 8.84. The van der Waals surface area contributed by atoms with Gasteiger partial charge in [0.15, 0.2) is 0 Å². The fourth-order valence-corrected chi connectivity index (χ4v) is 3.62. The van der Waals surface area contributed by atoms with Crippen LogP contribution in [0.4, 0.5) is 0 Å². The summed E-state index contributed by atoms with van der Waals surface area (Å²) < 4.78 is 5.65. The van der Waals surface area contributed by atoms with Gasteiger partial charge in [0, 0.05) is 6.42 Å². The number of hydrogen-bond donors (Lipinski definition) is 0. The predicted octanol–water partition coefficient (Wildman–Crippen LogP) is 8.91. The fraction of sp³-hybridized carbons (Fsp3) is 0.500. The quantitative estimate of drug-likeness (QED) is 0.119. The van der Waals surface area contributed by atoms with Crippen LogP contribution in [-0.2, 0) is 4.79 Å². The highest BCUT2D eigenvalue weighted by molar-refractivity contribution is 5.73. The van der Waals surface area contributed by atoms with Crippen molar-refractivity contribution in [1.82, 2.24) is 0 Å². The second-order valence-electron chi connectivity index (χ2n) is 8.84. The molecular weight excluding hydrogens is 392 g/mol. The first kappa shape index (κ1) is 27.7. The molecule has 2 heteroatoms. The third kappa shape index (κ3) is 13.1. The number of benzene rings is 1. The number of carbonyl (C=O) groups excluding carboxylic acids is 1. The van der Waals surface area contributed by atoms with E-state index in [4.69, 9.17) is 4.74 Å². The molecule has 1 rings (SSSR count). The van der Waals surface area contributed by atoms with Crippen molar-refractivity contribution in [3.8, 4) is 5.75 Å². The highest BCUT2D eigenvalue weighted by Crippen LogP contribution is 2.25. The van der Waals surface area contributed by atoms with Gasteiger partial charge in [0.2, 0.25) is 0 Å². The Morgan fingerprint density at radius 1 is 0.844 bits per heavy atom. The first-order valence-electron chi connectivity index (χ1n) is 12.3. The van der Waals surface area contributed by atoms with E-state index in [1.165, 1.54) is 31.2 Å². The third-order valence-corrected chi connectivity index (χ3v) is 5.33. The summed E-state index contributed by atoms with van der Waals surface area (Å²) in [6, 6.07) is 4.11. The van der Waals surface area contributed by atoms with Gasteiger partial charge in [-0.05, 0) is 76.3 Å². The van der Waals surface area contributed by atoms with E-state index < -0.39 is 0 Å². The lowest BCUT2D eigenvalue weighted by Gasteiger charge is -2.13. The van der Waals surface area contributed by atoms with Crippen LogP contribution in [0.15, 0.2) is 60.7 Å². The Kier molecular flexibility index (Phi) is 14.9. The maximum Gasteiger partial charge on any atom is 0.311 e. The van der Waals surface area contributed by atoms with Gasteiger partial charge in [-0.15, -0.1) is 0 Å². The lowest BCUT2D eigenvalue weighted by Crippen LogP contribution is -2.13. The summed E-state index contributed by atoms with van der Waals surface area (Å²) in [7, 11) is 0. The zero-order chi connectivity index (χ0) is 23.6. The molecule has 1 aromatic carbocycles. The number of aryl methyl sites for hydroxylation is 3. The molecule has 0 fully saturated rings. The molecule has 1 unspecified atom stereocenters. The lowest BCUT2D eigenvalue weighted by molar-refractivity contribution is -0.135. The smallest absolute Gasteiger partial charge is 0.311 e. The topological polar surface area (TPSA) is 26.3 Å². The zero-order valence-electron chi connectivity index (χ0n) is 21.0. The van der Waals surface area contributed by atoms with E-state index in [9.17, 15) is 4.79 Å². The lowest BCUT2D eigenvalue weighted by atomic mass is 10.0. The molecule has 0 N–H and O–H groups in total. The molecular formula is C30H44O2. The molecule has 0 aliphatic carbocycles. The molecule has 0 aliphatic rings. The SMILES string of the molecule is CCCCC/C=C\C/C=C\C/C=C\C/C=C\CC(C)CC(=O)Oc1c(C)cc(C)cc1C. The first-order chi connectivity index (χ1) is 15.4. The normalized spacial score (nSPS) is 13.2. The van der Waals surface area contributed by atoms with Crippen molar-refractivity contribution in [2.24, 2.45) is 5.92 Å². The van der Waals surface area contributed by atoms with Gasteiger partial charge in [0.1, 0.15) is 5.75 Å². The Balaban J connectivity index is 2.17. The van der Waals surface area contributed by atoms with Gasteiger partial charge in [-0.25, -0.2) is 0 Å². The molecule has 176 valence electrons. The molecule has 1 aromatic rings. The Labute approximate surface area is 197 Å². The molecule has 0 heterocycles. The van der Waals surface area contributed by atoms with Crippen molar-refractivity contribution in [3.63, 3.8) is 0 Å². The van der Waals surface area contributed by atoms with Crippen molar-refractivity contribution < 1.29 is 9.53 Å². The van der Waals surface area contributed by atoms with Crippen LogP contribution in [0.1, 0.15) is 88.3 Å². The van der Waals surface area contributed by atoms with Crippen LogP contribution in [0.25, 0.3) is 0 Å². The minimum absolute atomic E-state index is 0.150. The van der Waals surface area contributed by atoms with E-state index >= 15 is 0 Å². The van der Waals surface area contributed by atoms with Crippen LogP contribution in [0.5, 0.6) is 5.75 Å². The Bertz CT molecular complexity index is 757. The molecule has 1 atom stereocenters. The molecule has 0 radical (unpaired) electrons. The third-order valence-electron chi connectivity index (χ3n) is 5.33. The second kappa shape index (κ2) is 17.2. The average Bonchev–Trinajstić information content (AvgIpc) is 2.73. The van der Waals surface area contributed by atoms with E-state index in [0.717, 1.165) is 36.8 Å². The van der Waals surface area contributed by atoms with Crippen LogP contribution >= 0.6 is 0 Å². The highest BCUT2D eigenvalue weighted by atomic mass is 16.5. The summed E-state index contributed by atoms with van der Waals surface area (Å²) in [5, 5.41) is 0. The molecule has 0 aromatic heterocycles. The largest absolute Gasteiger partial charge is 0.426 e. The maximum absolute atomic E-state index is 12.3. The number of ether oxygens (including phenoxy) is 1. The number of allylic oxidation sites excluding steroid dienone is 8. The molecule has 0 saturated carbocycles. The van der Waals surface area contributed by atoms with Crippen LogP contribution in [0.3, 0.4) is 0 Å². The first-order valence-corrected chi connectivity index (χ1v) is 12.3. The molecule has 0 amide bonds. The summed E-state index contributed by atoms with van der Waals surface area (Å²) in [5.41, 5.74) is 3.22. The van der Waals surface area contributed by atoms with Gasteiger partial charge in [0.05, 0.1) is 0 Å². The molecule has 0 aliphatic heterocycles. The molecule has 0 spiro atoms. The van der Waals surface area contributed by atoms with Crippen LogP contribution < -0.4 is 4.74 Å². The minimum Gasteiger partial charge on any atom is -0.426 e. The maximum atomic E-state index is 12.3. The number of rotatable bonds is 15. The Morgan fingerprint density at radius 3 is 1.94 bits per heavy atom. The van der Waals surface area contributed by atoms with Crippen LogP contribution in [0, 0.1) is 26.7 Å². The van der Waals surface area contributed by atoms with Gasteiger partial charge in [-0.1, -0.05) is 93.0 Å².